The summed E-state index contributed by atoms with van der Waals surface area (Å²) in [5.74, 6) is 0.107. The quantitative estimate of drug-likeness (QED) is 0.641. The molecule has 0 saturated heterocycles. The van der Waals surface area contributed by atoms with Crippen LogP contribution in [-0.4, -0.2) is 5.78 Å². The van der Waals surface area contributed by atoms with Crippen molar-refractivity contribution in [3.63, 3.8) is 0 Å². The van der Waals surface area contributed by atoms with Gasteiger partial charge in [-0.15, -0.1) is 0 Å². The van der Waals surface area contributed by atoms with Crippen LogP contribution < -0.4 is 0 Å². The molecule has 0 amide bonds. The topological polar surface area (TPSA) is 17.1 Å². The van der Waals surface area contributed by atoms with Crippen molar-refractivity contribution in [3.8, 4) is 0 Å². The minimum absolute atomic E-state index is 0.0787. The van der Waals surface area contributed by atoms with Gasteiger partial charge >= 0.3 is 0 Å². The van der Waals surface area contributed by atoms with Gasteiger partial charge in [0.25, 0.3) is 0 Å². The summed E-state index contributed by atoms with van der Waals surface area (Å²) in [5.41, 5.74) is 0.333. The van der Waals surface area contributed by atoms with Crippen LogP contribution in [0, 0.1) is 11.7 Å². The van der Waals surface area contributed by atoms with Crippen molar-refractivity contribution >= 4 is 17.4 Å². The molecule has 19 heavy (non-hydrogen) atoms. The van der Waals surface area contributed by atoms with E-state index in [-0.39, 0.29) is 18.0 Å². The Labute approximate surface area is 120 Å². The van der Waals surface area contributed by atoms with Gasteiger partial charge in [-0.25, -0.2) is 4.39 Å². The maximum absolute atomic E-state index is 13.6. The van der Waals surface area contributed by atoms with Gasteiger partial charge in [0.05, 0.1) is 0 Å². The zero-order chi connectivity index (χ0) is 14.3. The van der Waals surface area contributed by atoms with Crippen molar-refractivity contribution in [2.45, 2.75) is 52.4 Å². The van der Waals surface area contributed by atoms with Crippen molar-refractivity contribution in [2.75, 3.05) is 0 Å². The highest BCUT2D eigenvalue weighted by Gasteiger charge is 2.15. The number of carbonyl (C=O) groups is 1. The molecule has 0 radical (unpaired) electrons. The molecule has 1 aromatic rings. The van der Waals surface area contributed by atoms with Crippen molar-refractivity contribution in [2.24, 2.45) is 5.92 Å². The molecule has 1 atom stereocenters. The number of Topliss-reactive ketones (excluding diaryl/α,β-unsaturated/α-hetero) is 1. The molecule has 1 unspecified atom stereocenters. The molecule has 0 heterocycles. The van der Waals surface area contributed by atoms with Crippen molar-refractivity contribution in [1.82, 2.24) is 0 Å². The summed E-state index contributed by atoms with van der Waals surface area (Å²) in [6.07, 6.45) is 4.99. The van der Waals surface area contributed by atoms with Gasteiger partial charge in [0.2, 0.25) is 0 Å². The zero-order valence-corrected chi connectivity index (χ0v) is 12.5. The van der Waals surface area contributed by atoms with E-state index in [2.05, 4.69) is 13.8 Å². The lowest BCUT2D eigenvalue weighted by Crippen LogP contribution is -2.11. The van der Waals surface area contributed by atoms with Crippen LogP contribution in [0.1, 0.15) is 51.5 Å². The third-order valence-corrected chi connectivity index (χ3v) is 3.85. The molecule has 1 rings (SSSR count). The van der Waals surface area contributed by atoms with E-state index >= 15 is 0 Å². The zero-order valence-electron chi connectivity index (χ0n) is 11.7. The van der Waals surface area contributed by atoms with Crippen LogP contribution in [-0.2, 0) is 11.2 Å². The Morgan fingerprint density at radius 1 is 1.37 bits per heavy atom. The van der Waals surface area contributed by atoms with Gasteiger partial charge < -0.3 is 0 Å². The van der Waals surface area contributed by atoms with E-state index in [9.17, 15) is 9.18 Å². The largest absolute Gasteiger partial charge is 0.299 e. The summed E-state index contributed by atoms with van der Waals surface area (Å²) in [4.78, 5) is 12.0. The molecule has 0 aliphatic carbocycles. The van der Waals surface area contributed by atoms with E-state index in [4.69, 9.17) is 11.6 Å². The fraction of sp³-hybridized carbons (Fsp3) is 0.562. The number of unbranched alkanes of at least 4 members (excludes halogenated alkanes) is 1. The minimum atomic E-state index is -0.387. The van der Waals surface area contributed by atoms with E-state index in [0.29, 0.717) is 22.9 Å². The van der Waals surface area contributed by atoms with E-state index < -0.39 is 0 Å². The van der Waals surface area contributed by atoms with Crippen LogP contribution in [0.4, 0.5) is 4.39 Å². The highest BCUT2D eigenvalue weighted by Crippen LogP contribution is 2.22. The Balaban J connectivity index is 2.59. The molecular formula is C16H22ClFO. The lowest BCUT2D eigenvalue weighted by Gasteiger charge is -2.13. The third-order valence-electron chi connectivity index (χ3n) is 3.50. The molecule has 0 N–H and O–H groups in total. The van der Waals surface area contributed by atoms with Crippen LogP contribution >= 0.6 is 11.6 Å². The third kappa shape index (κ3) is 5.32. The Morgan fingerprint density at radius 2 is 2.11 bits per heavy atom. The van der Waals surface area contributed by atoms with Crippen LogP contribution in [0.3, 0.4) is 0 Å². The van der Waals surface area contributed by atoms with Crippen molar-refractivity contribution in [3.05, 3.63) is 34.6 Å². The van der Waals surface area contributed by atoms with Gasteiger partial charge in [0.15, 0.2) is 0 Å². The standard InChI is InChI=1S/C16H22ClFO/c1-3-5-7-12(4-2)10-13(19)11-14-15(17)8-6-9-16(14)18/h6,8-9,12H,3-5,7,10-11H2,1-2H3. The molecular weight excluding hydrogens is 263 g/mol. The molecule has 0 aliphatic heterocycles. The van der Waals surface area contributed by atoms with Crippen LogP contribution in [0.5, 0.6) is 0 Å². The van der Waals surface area contributed by atoms with Gasteiger partial charge in [-0.3, -0.25) is 4.79 Å². The molecule has 0 spiro atoms. The lowest BCUT2D eigenvalue weighted by molar-refractivity contribution is -0.119. The first kappa shape index (κ1) is 16.2. The predicted molar refractivity (Wildman–Crippen MR) is 78.0 cm³/mol. The smallest absolute Gasteiger partial charge is 0.137 e. The fourth-order valence-corrected chi connectivity index (χ4v) is 2.47. The van der Waals surface area contributed by atoms with Crippen LogP contribution in [0.2, 0.25) is 5.02 Å². The van der Waals surface area contributed by atoms with Gasteiger partial charge in [-0.05, 0) is 18.1 Å². The number of carbonyl (C=O) groups excluding carboxylic acids is 1. The second-order valence-corrected chi connectivity index (χ2v) is 5.44. The second-order valence-electron chi connectivity index (χ2n) is 5.04. The summed E-state index contributed by atoms with van der Waals surface area (Å²) in [6, 6.07) is 4.53. The summed E-state index contributed by atoms with van der Waals surface area (Å²) in [7, 11) is 0. The normalized spacial score (nSPS) is 12.4. The van der Waals surface area contributed by atoms with Gasteiger partial charge in [-0.2, -0.15) is 0 Å². The maximum Gasteiger partial charge on any atom is 0.137 e. The lowest BCUT2D eigenvalue weighted by atomic mass is 9.92. The first-order valence-electron chi connectivity index (χ1n) is 7.03. The van der Waals surface area contributed by atoms with E-state index in [1.54, 1.807) is 12.1 Å². The molecule has 106 valence electrons. The minimum Gasteiger partial charge on any atom is -0.299 e. The number of halogens is 2. The average Bonchev–Trinajstić information content (AvgIpc) is 2.39. The highest BCUT2D eigenvalue weighted by molar-refractivity contribution is 6.31. The second kappa shape index (κ2) is 8.31. The molecule has 1 aromatic carbocycles. The molecule has 0 saturated carbocycles. The molecule has 0 aromatic heterocycles. The Hall–Kier alpha value is -0.890. The van der Waals surface area contributed by atoms with E-state index in [1.807, 2.05) is 0 Å². The number of benzene rings is 1. The molecule has 1 nitrogen and oxygen atoms in total. The Kier molecular flexibility index (Phi) is 7.07. The number of hydrogen-bond donors (Lipinski definition) is 0. The predicted octanol–water partition coefficient (Wildman–Crippen LogP) is 5.20. The fourth-order valence-electron chi connectivity index (χ4n) is 2.24. The van der Waals surface area contributed by atoms with Gasteiger partial charge in [0, 0.05) is 23.4 Å². The number of ketones is 1. The van der Waals surface area contributed by atoms with Crippen LogP contribution in [0.15, 0.2) is 18.2 Å². The van der Waals surface area contributed by atoms with E-state index in [1.165, 1.54) is 6.07 Å². The van der Waals surface area contributed by atoms with Gasteiger partial charge in [-0.1, -0.05) is 57.2 Å². The first-order chi connectivity index (χ1) is 9.08. The Morgan fingerprint density at radius 3 is 2.68 bits per heavy atom. The maximum atomic E-state index is 13.6. The van der Waals surface area contributed by atoms with Crippen LogP contribution in [0.25, 0.3) is 0 Å². The highest BCUT2D eigenvalue weighted by atomic mass is 35.5. The molecule has 0 aliphatic rings. The summed E-state index contributed by atoms with van der Waals surface area (Å²) >= 11 is 5.94. The summed E-state index contributed by atoms with van der Waals surface area (Å²) < 4.78 is 13.6. The van der Waals surface area contributed by atoms with Gasteiger partial charge in [0.1, 0.15) is 11.6 Å². The molecule has 0 bridgehead atoms. The SMILES string of the molecule is CCCCC(CC)CC(=O)Cc1c(F)cccc1Cl. The average molecular weight is 285 g/mol. The van der Waals surface area contributed by atoms with E-state index in [0.717, 1.165) is 25.7 Å². The molecule has 0 fully saturated rings. The summed E-state index contributed by atoms with van der Waals surface area (Å²) in [6.45, 7) is 4.25. The summed E-state index contributed by atoms with van der Waals surface area (Å²) in [5, 5.41) is 0.343. The first-order valence-corrected chi connectivity index (χ1v) is 7.40. The Bertz CT molecular complexity index is 397. The number of rotatable bonds is 8. The molecule has 3 heteroatoms. The van der Waals surface area contributed by atoms with Crippen molar-refractivity contribution < 1.29 is 9.18 Å². The van der Waals surface area contributed by atoms with Crippen molar-refractivity contribution in [1.29, 1.82) is 0 Å². The monoisotopic (exact) mass is 284 g/mol. The number of hydrogen-bond acceptors (Lipinski definition) is 1.